The van der Waals surface area contributed by atoms with E-state index in [9.17, 15) is 5.11 Å². The topological polar surface area (TPSA) is 46.0 Å². The zero-order valence-electron chi connectivity index (χ0n) is 10.1. The highest BCUT2D eigenvalue weighted by Gasteiger charge is 2.28. The molecule has 0 saturated heterocycles. The summed E-state index contributed by atoms with van der Waals surface area (Å²) in [6, 6.07) is 0. The molecule has 1 aromatic heterocycles. The SMILES string of the molecule is CCC(C)C(O)c1snnc1C(C)(C)C. The third-order valence-corrected chi connectivity index (χ3v) is 3.47. The van der Waals surface area contributed by atoms with E-state index >= 15 is 0 Å². The molecule has 0 spiro atoms. The summed E-state index contributed by atoms with van der Waals surface area (Å²) in [7, 11) is 0. The molecule has 0 saturated carbocycles. The van der Waals surface area contributed by atoms with Crippen molar-refractivity contribution in [3.05, 3.63) is 10.6 Å². The van der Waals surface area contributed by atoms with Crippen LogP contribution in [0.5, 0.6) is 0 Å². The monoisotopic (exact) mass is 228 g/mol. The first-order chi connectivity index (χ1) is 6.88. The maximum atomic E-state index is 10.2. The van der Waals surface area contributed by atoms with Gasteiger partial charge in [0.05, 0.1) is 16.7 Å². The summed E-state index contributed by atoms with van der Waals surface area (Å²) in [5, 5.41) is 14.3. The molecule has 86 valence electrons. The van der Waals surface area contributed by atoms with Gasteiger partial charge in [0.2, 0.25) is 0 Å². The van der Waals surface area contributed by atoms with Crippen molar-refractivity contribution in [3.63, 3.8) is 0 Å². The molecule has 0 bridgehead atoms. The van der Waals surface area contributed by atoms with Gasteiger partial charge in [-0.05, 0) is 17.5 Å². The van der Waals surface area contributed by atoms with Crippen LogP contribution < -0.4 is 0 Å². The molecule has 1 aromatic rings. The van der Waals surface area contributed by atoms with E-state index in [1.54, 1.807) is 0 Å². The molecule has 0 fully saturated rings. The second kappa shape index (κ2) is 4.58. The number of hydrogen-bond donors (Lipinski definition) is 1. The minimum atomic E-state index is -0.427. The van der Waals surface area contributed by atoms with Gasteiger partial charge in [0.15, 0.2) is 0 Å². The van der Waals surface area contributed by atoms with Crippen molar-refractivity contribution in [1.29, 1.82) is 0 Å². The van der Waals surface area contributed by atoms with E-state index in [1.807, 2.05) is 0 Å². The molecule has 0 aromatic carbocycles. The Morgan fingerprint density at radius 2 is 2.00 bits per heavy atom. The van der Waals surface area contributed by atoms with Gasteiger partial charge >= 0.3 is 0 Å². The Morgan fingerprint density at radius 1 is 1.40 bits per heavy atom. The van der Waals surface area contributed by atoms with Crippen LogP contribution in [0.15, 0.2) is 0 Å². The highest BCUT2D eigenvalue weighted by atomic mass is 32.1. The highest BCUT2D eigenvalue weighted by molar-refractivity contribution is 7.05. The van der Waals surface area contributed by atoms with Crippen LogP contribution >= 0.6 is 11.5 Å². The van der Waals surface area contributed by atoms with E-state index in [1.165, 1.54) is 11.5 Å². The van der Waals surface area contributed by atoms with Crippen molar-refractivity contribution in [2.75, 3.05) is 0 Å². The number of aromatic nitrogens is 2. The molecule has 1 rings (SSSR count). The van der Waals surface area contributed by atoms with Gasteiger partial charge in [-0.1, -0.05) is 45.5 Å². The molecular formula is C11H20N2OS. The molecule has 2 atom stereocenters. The van der Waals surface area contributed by atoms with Gasteiger partial charge in [-0.2, -0.15) is 0 Å². The number of aliphatic hydroxyl groups excluding tert-OH is 1. The molecule has 3 nitrogen and oxygen atoms in total. The molecule has 15 heavy (non-hydrogen) atoms. The summed E-state index contributed by atoms with van der Waals surface area (Å²) < 4.78 is 3.96. The lowest BCUT2D eigenvalue weighted by molar-refractivity contribution is 0.117. The zero-order valence-corrected chi connectivity index (χ0v) is 10.9. The van der Waals surface area contributed by atoms with Crippen LogP contribution in [0.25, 0.3) is 0 Å². The summed E-state index contributed by atoms with van der Waals surface area (Å²) in [5.74, 6) is 0.258. The van der Waals surface area contributed by atoms with Gasteiger partial charge in [0, 0.05) is 5.41 Å². The minimum absolute atomic E-state index is 0.0449. The van der Waals surface area contributed by atoms with E-state index in [0.717, 1.165) is 17.0 Å². The second-order valence-electron chi connectivity index (χ2n) is 5.07. The molecule has 0 aliphatic heterocycles. The average Bonchev–Trinajstić information content (AvgIpc) is 2.63. The molecule has 2 unspecified atom stereocenters. The second-order valence-corrected chi connectivity index (χ2v) is 5.85. The summed E-state index contributed by atoms with van der Waals surface area (Å²) >= 11 is 1.32. The maximum Gasteiger partial charge on any atom is 0.0942 e. The third-order valence-electron chi connectivity index (χ3n) is 2.68. The molecule has 0 aliphatic rings. The molecule has 1 N–H and O–H groups in total. The Hall–Kier alpha value is -0.480. The lowest BCUT2D eigenvalue weighted by Gasteiger charge is -2.21. The van der Waals surface area contributed by atoms with Crippen molar-refractivity contribution < 1.29 is 5.11 Å². The number of hydrogen-bond acceptors (Lipinski definition) is 4. The van der Waals surface area contributed by atoms with Gasteiger partial charge < -0.3 is 5.11 Å². The van der Waals surface area contributed by atoms with E-state index in [-0.39, 0.29) is 11.3 Å². The van der Waals surface area contributed by atoms with E-state index in [4.69, 9.17) is 0 Å². The molecule has 0 aliphatic carbocycles. The smallest absolute Gasteiger partial charge is 0.0942 e. The van der Waals surface area contributed by atoms with E-state index < -0.39 is 6.10 Å². The third kappa shape index (κ3) is 2.75. The Bertz CT molecular complexity index is 317. The normalized spacial score (nSPS) is 16.4. The van der Waals surface area contributed by atoms with Crippen molar-refractivity contribution in [2.45, 2.75) is 52.6 Å². The fraction of sp³-hybridized carbons (Fsp3) is 0.818. The standard InChI is InChI=1S/C11H20N2OS/c1-6-7(2)8(14)9-10(11(3,4)5)12-13-15-9/h7-8,14H,6H2,1-5H3. The van der Waals surface area contributed by atoms with Crippen LogP contribution in [-0.2, 0) is 5.41 Å². The first-order valence-electron chi connectivity index (χ1n) is 5.38. The van der Waals surface area contributed by atoms with Crippen LogP contribution in [0.4, 0.5) is 0 Å². The first kappa shape index (κ1) is 12.6. The Balaban J connectivity index is 3.00. The largest absolute Gasteiger partial charge is 0.387 e. The van der Waals surface area contributed by atoms with Crippen molar-refractivity contribution in [3.8, 4) is 0 Å². The van der Waals surface area contributed by atoms with Crippen molar-refractivity contribution >= 4 is 11.5 Å². The van der Waals surface area contributed by atoms with Crippen LogP contribution in [0.2, 0.25) is 0 Å². The van der Waals surface area contributed by atoms with Gasteiger partial charge in [0.1, 0.15) is 0 Å². The molecule has 0 amide bonds. The first-order valence-corrected chi connectivity index (χ1v) is 6.16. The van der Waals surface area contributed by atoms with Crippen molar-refractivity contribution in [2.24, 2.45) is 5.92 Å². The lowest BCUT2D eigenvalue weighted by atomic mass is 9.88. The fourth-order valence-corrected chi connectivity index (χ4v) is 2.38. The van der Waals surface area contributed by atoms with Gasteiger partial charge in [-0.25, -0.2) is 0 Å². The quantitative estimate of drug-likeness (QED) is 0.865. The summed E-state index contributed by atoms with van der Waals surface area (Å²) in [6.45, 7) is 10.4. The average molecular weight is 228 g/mol. The molecular weight excluding hydrogens is 208 g/mol. The minimum Gasteiger partial charge on any atom is -0.387 e. The van der Waals surface area contributed by atoms with Crippen molar-refractivity contribution in [1.82, 2.24) is 9.59 Å². The highest BCUT2D eigenvalue weighted by Crippen LogP contribution is 2.34. The summed E-state index contributed by atoms with van der Waals surface area (Å²) in [4.78, 5) is 0.928. The van der Waals surface area contributed by atoms with E-state index in [0.29, 0.717) is 0 Å². The Morgan fingerprint density at radius 3 is 2.47 bits per heavy atom. The molecule has 4 heteroatoms. The van der Waals surface area contributed by atoms with Crippen LogP contribution in [0.3, 0.4) is 0 Å². The van der Waals surface area contributed by atoms with Crippen LogP contribution in [0.1, 0.15) is 57.7 Å². The fourth-order valence-electron chi connectivity index (χ4n) is 1.39. The number of rotatable bonds is 3. The van der Waals surface area contributed by atoms with E-state index in [2.05, 4.69) is 44.2 Å². The number of aliphatic hydroxyl groups is 1. The number of nitrogens with zero attached hydrogens (tertiary/aromatic N) is 2. The van der Waals surface area contributed by atoms with Gasteiger partial charge in [0.25, 0.3) is 0 Å². The predicted molar refractivity (Wildman–Crippen MR) is 63.0 cm³/mol. The molecule has 0 radical (unpaired) electrons. The Labute approximate surface area is 95.7 Å². The van der Waals surface area contributed by atoms with Crippen LogP contribution in [0, 0.1) is 5.92 Å². The maximum absolute atomic E-state index is 10.2. The summed E-state index contributed by atoms with van der Waals surface area (Å²) in [5.41, 5.74) is 0.886. The van der Waals surface area contributed by atoms with Crippen LogP contribution in [-0.4, -0.2) is 14.7 Å². The van der Waals surface area contributed by atoms with Gasteiger partial charge in [-0.3, -0.25) is 0 Å². The zero-order chi connectivity index (χ0) is 11.6. The Kier molecular flexibility index (Phi) is 3.84. The van der Waals surface area contributed by atoms with Gasteiger partial charge in [-0.15, -0.1) is 5.10 Å². The lowest BCUT2D eigenvalue weighted by Crippen LogP contribution is -2.17. The predicted octanol–water partition coefficient (Wildman–Crippen LogP) is 2.92. The summed E-state index contributed by atoms with van der Waals surface area (Å²) in [6.07, 6.45) is 0.534. The molecule has 1 heterocycles.